The van der Waals surface area contributed by atoms with Crippen molar-refractivity contribution < 1.29 is 0 Å². The van der Waals surface area contributed by atoms with E-state index in [2.05, 4.69) is 47.1 Å². The molecule has 1 aliphatic rings. The van der Waals surface area contributed by atoms with Gasteiger partial charge in [0.1, 0.15) is 0 Å². The van der Waals surface area contributed by atoms with Crippen LogP contribution >= 0.6 is 15.9 Å². The Bertz CT molecular complexity index is 377. The number of nitrogens with two attached hydrogens (primary N) is 1. The highest BCUT2D eigenvalue weighted by atomic mass is 79.9. The SMILES string of the molecule is CC1CCCC(N)(Cc2cccc(Br)c2)CC1. The third kappa shape index (κ3) is 3.82. The number of rotatable bonds is 2. The Balaban J connectivity index is 2.06. The van der Waals surface area contributed by atoms with E-state index < -0.39 is 0 Å². The second-order valence-electron chi connectivity index (χ2n) is 5.71. The molecule has 0 spiro atoms. The van der Waals surface area contributed by atoms with Gasteiger partial charge in [0.15, 0.2) is 0 Å². The number of hydrogen-bond donors (Lipinski definition) is 1. The number of benzene rings is 1. The number of hydrogen-bond acceptors (Lipinski definition) is 1. The lowest BCUT2D eigenvalue weighted by atomic mass is 9.84. The number of halogens is 1. The molecular weight excluding hydrogens is 274 g/mol. The molecule has 0 saturated heterocycles. The standard InChI is InChI=1S/C15H22BrN/c1-12-4-3-8-15(17,9-7-12)11-13-5-2-6-14(16)10-13/h2,5-6,10,12H,3-4,7-9,11,17H2,1H3. The zero-order valence-electron chi connectivity index (χ0n) is 10.6. The summed E-state index contributed by atoms with van der Waals surface area (Å²) in [5.74, 6) is 0.850. The summed E-state index contributed by atoms with van der Waals surface area (Å²) in [5.41, 5.74) is 7.97. The van der Waals surface area contributed by atoms with Crippen LogP contribution in [0.1, 0.15) is 44.6 Å². The lowest BCUT2D eigenvalue weighted by Crippen LogP contribution is -2.41. The highest BCUT2D eigenvalue weighted by Crippen LogP contribution is 2.31. The van der Waals surface area contributed by atoms with Crippen molar-refractivity contribution in [3.63, 3.8) is 0 Å². The van der Waals surface area contributed by atoms with Crippen LogP contribution in [-0.4, -0.2) is 5.54 Å². The molecule has 2 heteroatoms. The van der Waals surface area contributed by atoms with Crippen molar-refractivity contribution >= 4 is 15.9 Å². The summed E-state index contributed by atoms with van der Waals surface area (Å²) in [5, 5.41) is 0. The highest BCUT2D eigenvalue weighted by Gasteiger charge is 2.28. The molecule has 0 radical (unpaired) electrons. The Morgan fingerprint density at radius 3 is 2.94 bits per heavy atom. The molecule has 1 aromatic rings. The molecule has 1 fully saturated rings. The van der Waals surface area contributed by atoms with Gasteiger partial charge in [-0.1, -0.05) is 47.8 Å². The van der Waals surface area contributed by atoms with E-state index in [4.69, 9.17) is 5.73 Å². The summed E-state index contributed by atoms with van der Waals surface area (Å²) in [7, 11) is 0. The van der Waals surface area contributed by atoms with Crippen LogP contribution in [0.2, 0.25) is 0 Å². The Morgan fingerprint density at radius 1 is 1.35 bits per heavy atom. The largest absolute Gasteiger partial charge is 0.325 e. The minimum atomic E-state index is 0.0194. The maximum Gasteiger partial charge on any atom is 0.0195 e. The zero-order valence-corrected chi connectivity index (χ0v) is 12.2. The van der Waals surface area contributed by atoms with Gasteiger partial charge in [-0.2, -0.15) is 0 Å². The molecule has 1 saturated carbocycles. The molecule has 1 aromatic carbocycles. The van der Waals surface area contributed by atoms with Gasteiger partial charge in [0.05, 0.1) is 0 Å². The molecule has 0 bridgehead atoms. The van der Waals surface area contributed by atoms with Crippen LogP contribution in [0.15, 0.2) is 28.7 Å². The van der Waals surface area contributed by atoms with E-state index in [1.807, 2.05) is 0 Å². The fourth-order valence-electron chi connectivity index (χ4n) is 2.84. The first-order chi connectivity index (χ1) is 8.07. The molecular formula is C15H22BrN. The topological polar surface area (TPSA) is 26.0 Å². The second kappa shape index (κ2) is 5.53. The Kier molecular flexibility index (Phi) is 4.26. The van der Waals surface area contributed by atoms with Crippen LogP contribution in [0.5, 0.6) is 0 Å². The minimum absolute atomic E-state index is 0.0194. The minimum Gasteiger partial charge on any atom is -0.325 e. The second-order valence-corrected chi connectivity index (χ2v) is 6.62. The summed E-state index contributed by atoms with van der Waals surface area (Å²) in [6, 6.07) is 8.56. The zero-order chi connectivity index (χ0) is 12.3. The summed E-state index contributed by atoms with van der Waals surface area (Å²) in [6.07, 6.45) is 7.26. The van der Waals surface area contributed by atoms with Crippen molar-refractivity contribution in [1.29, 1.82) is 0 Å². The van der Waals surface area contributed by atoms with Gasteiger partial charge in [-0.15, -0.1) is 0 Å². The van der Waals surface area contributed by atoms with Crippen LogP contribution in [-0.2, 0) is 6.42 Å². The fourth-order valence-corrected chi connectivity index (χ4v) is 3.28. The average Bonchev–Trinajstić information content (AvgIpc) is 2.41. The van der Waals surface area contributed by atoms with Gasteiger partial charge < -0.3 is 5.73 Å². The Hall–Kier alpha value is -0.340. The van der Waals surface area contributed by atoms with E-state index in [0.717, 1.165) is 16.8 Å². The molecule has 2 rings (SSSR count). The Labute approximate surface area is 113 Å². The third-order valence-electron chi connectivity index (χ3n) is 3.95. The normalized spacial score (nSPS) is 29.9. The van der Waals surface area contributed by atoms with E-state index in [0.29, 0.717) is 0 Å². The third-order valence-corrected chi connectivity index (χ3v) is 4.45. The van der Waals surface area contributed by atoms with E-state index in [9.17, 15) is 0 Å². The molecule has 2 N–H and O–H groups in total. The molecule has 0 heterocycles. The summed E-state index contributed by atoms with van der Waals surface area (Å²) >= 11 is 3.53. The average molecular weight is 296 g/mol. The first-order valence-electron chi connectivity index (χ1n) is 6.61. The van der Waals surface area contributed by atoms with Crippen LogP contribution in [0.4, 0.5) is 0 Å². The molecule has 0 aliphatic heterocycles. The van der Waals surface area contributed by atoms with E-state index in [1.54, 1.807) is 0 Å². The first-order valence-corrected chi connectivity index (χ1v) is 7.40. The molecule has 1 aliphatic carbocycles. The maximum atomic E-state index is 6.59. The van der Waals surface area contributed by atoms with Crippen molar-refractivity contribution in [1.82, 2.24) is 0 Å². The van der Waals surface area contributed by atoms with Crippen molar-refractivity contribution in [2.45, 2.75) is 51.0 Å². The monoisotopic (exact) mass is 295 g/mol. The van der Waals surface area contributed by atoms with E-state index in [-0.39, 0.29) is 5.54 Å². The molecule has 17 heavy (non-hydrogen) atoms. The lowest BCUT2D eigenvalue weighted by Gasteiger charge is -2.28. The molecule has 0 aromatic heterocycles. The molecule has 2 atom stereocenters. The van der Waals surface area contributed by atoms with Gasteiger partial charge >= 0.3 is 0 Å². The molecule has 2 unspecified atom stereocenters. The van der Waals surface area contributed by atoms with Gasteiger partial charge in [0.25, 0.3) is 0 Å². The van der Waals surface area contributed by atoms with Crippen molar-refractivity contribution in [2.75, 3.05) is 0 Å². The molecule has 0 amide bonds. The Morgan fingerprint density at radius 2 is 2.18 bits per heavy atom. The van der Waals surface area contributed by atoms with Gasteiger partial charge in [0, 0.05) is 10.0 Å². The van der Waals surface area contributed by atoms with Crippen LogP contribution in [0, 0.1) is 5.92 Å². The summed E-state index contributed by atoms with van der Waals surface area (Å²) < 4.78 is 1.15. The fraction of sp³-hybridized carbons (Fsp3) is 0.600. The summed E-state index contributed by atoms with van der Waals surface area (Å²) in [4.78, 5) is 0. The van der Waals surface area contributed by atoms with Gasteiger partial charge in [-0.05, 0) is 49.3 Å². The van der Waals surface area contributed by atoms with Gasteiger partial charge in [0.2, 0.25) is 0 Å². The quantitative estimate of drug-likeness (QED) is 0.809. The summed E-state index contributed by atoms with van der Waals surface area (Å²) in [6.45, 7) is 2.35. The lowest BCUT2D eigenvalue weighted by molar-refractivity contribution is 0.363. The molecule has 94 valence electrons. The predicted molar refractivity (Wildman–Crippen MR) is 77.0 cm³/mol. The van der Waals surface area contributed by atoms with Crippen molar-refractivity contribution in [3.8, 4) is 0 Å². The van der Waals surface area contributed by atoms with Crippen LogP contribution < -0.4 is 5.73 Å². The van der Waals surface area contributed by atoms with Crippen molar-refractivity contribution in [3.05, 3.63) is 34.3 Å². The highest BCUT2D eigenvalue weighted by molar-refractivity contribution is 9.10. The van der Waals surface area contributed by atoms with E-state index in [1.165, 1.54) is 37.7 Å². The van der Waals surface area contributed by atoms with Gasteiger partial charge in [-0.3, -0.25) is 0 Å². The van der Waals surface area contributed by atoms with Crippen molar-refractivity contribution in [2.24, 2.45) is 11.7 Å². The van der Waals surface area contributed by atoms with Gasteiger partial charge in [-0.25, -0.2) is 0 Å². The predicted octanol–water partition coefficient (Wildman–Crippen LogP) is 4.29. The maximum absolute atomic E-state index is 6.59. The smallest absolute Gasteiger partial charge is 0.0195 e. The first kappa shape index (κ1) is 13.1. The van der Waals surface area contributed by atoms with E-state index >= 15 is 0 Å². The van der Waals surface area contributed by atoms with Crippen LogP contribution in [0.25, 0.3) is 0 Å². The van der Waals surface area contributed by atoms with Crippen LogP contribution in [0.3, 0.4) is 0 Å². The molecule has 1 nitrogen and oxygen atoms in total.